The van der Waals surface area contributed by atoms with E-state index in [9.17, 15) is 4.79 Å². The van der Waals surface area contributed by atoms with Crippen LogP contribution in [0.1, 0.15) is 23.7 Å². The number of hydrogen-bond donors (Lipinski definition) is 0. The third kappa shape index (κ3) is 7.18. The van der Waals surface area contributed by atoms with Gasteiger partial charge < -0.3 is 14.4 Å². The van der Waals surface area contributed by atoms with Crippen LogP contribution in [-0.2, 0) is 4.74 Å². The number of benzene rings is 1. The zero-order valence-corrected chi connectivity index (χ0v) is 15.5. The Morgan fingerprint density at radius 3 is 2.33 bits per heavy atom. The normalized spacial score (nSPS) is 15.8. The summed E-state index contributed by atoms with van der Waals surface area (Å²) in [6, 6.07) is 7.31. The van der Waals surface area contributed by atoms with Gasteiger partial charge in [-0.15, -0.1) is 12.4 Å². The highest BCUT2D eigenvalue weighted by atomic mass is 35.5. The molecule has 0 saturated carbocycles. The Balaban J connectivity index is 0.00000288. The van der Waals surface area contributed by atoms with E-state index in [2.05, 4.69) is 16.8 Å². The van der Waals surface area contributed by atoms with Crippen LogP contribution in [0.5, 0.6) is 5.75 Å². The maximum Gasteiger partial charge on any atom is 0.162 e. The molecule has 1 saturated heterocycles. The molecule has 0 atom stereocenters. The Hall–Kier alpha value is -1.14. The number of likely N-dealkylation sites (N-methyl/N-ethyl adjacent to an activating group) is 1. The summed E-state index contributed by atoms with van der Waals surface area (Å²) in [5.74, 6) is 0.934. The van der Waals surface area contributed by atoms with E-state index in [1.165, 1.54) is 0 Å². The molecule has 0 amide bonds. The Labute approximate surface area is 151 Å². The van der Waals surface area contributed by atoms with Gasteiger partial charge in [0.05, 0.1) is 13.2 Å². The number of nitrogens with zero attached hydrogens (tertiary/aromatic N) is 2. The summed E-state index contributed by atoms with van der Waals surface area (Å²) in [7, 11) is 2.16. The zero-order valence-electron chi connectivity index (χ0n) is 14.7. The Morgan fingerprint density at radius 1 is 1.04 bits per heavy atom. The highest BCUT2D eigenvalue weighted by molar-refractivity contribution is 5.95. The van der Waals surface area contributed by atoms with E-state index in [0.29, 0.717) is 19.6 Å². The molecule has 2 rings (SSSR count). The Kier molecular flexibility index (Phi) is 9.95. The molecular weight excluding hydrogens is 328 g/mol. The van der Waals surface area contributed by atoms with Gasteiger partial charge in [0.15, 0.2) is 5.78 Å². The van der Waals surface area contributed by atoms with Crippen molar-refractivity contribution < 1.29 is 14.3 Å². The predicted molar refractivity (Wildman–Crippen MR) is 98.6 cm³/mol. The first kappa shape index (κ1) is 20.9. The SMILES string of the molecule is CCC(=O)c1ccc(OCCOCCN2CCN(C)CC2)cc1.Cl. The van der Waals surface area contributed by atoms with Gasteiger partial charge in [0.25, 0.3) is 0 Å². The van der Waals surface area contributed by atoms with Gasteiger partial charge in [-0.05, 0) is 31.3 Å². The number of ketones is 1. The smallest absolute Gasteiger partial charge is 0.162 e. The number of hydrogen-bond acceptors (Lipinski definition) is 5. The predicted octanol–water partition coefficient (Wildman–Crippen LogP) is 2.34. The molecule has 1 heterocycles. The van der Waals surface area contributed by atoms with Crippen molar-refractivity contribution in [1.82, 2.24) is 9.80 Å². The van der Waals surface area contributed by atoms with Crippen LogP contribution in [0.25, 0.3) is 0 Å². The van der Waals surface area contributed by atoms with Crippen molar-refractivity contribution in [3.8, 4) is 5.75 Å². The lowest BCUT2D eigenvalue weighted by molar-refractivity contribution is 0.0658. The molecule has 1 aliphatic heterocycles. The van der Waals surface area contributed by atoms with Gasteiger partial charge in [-0.3, -0.25) is 9.69 Å². The van der Waals surface area contributed by atoms with Crippen LogP contribution in [0.2, 0.25) is 0 Å². The second-order valence-electron chi connectivity index (χ2n) is 5.91. The van der Waals surface area contributed by atoms with E-state index in [0.717, 1.165) is 50.6 Å². The first-order chi connectivity index (χ1) is 11.2. The van der Waals surface area contributed by atoms with Gasteiger partial charge in [-0.1, -0.05) is 6.92 Å². The van der Waals surface area contributed by atoms with Crippen LogP contribution in [0.3, 0.4) is 0 Å². The summed E-state index contributed by atoms with van der Waals surface area (Å²) >= 11 is 0. The molecule has 6 heteroatoms. The van der Waals surface area contributed by atoms with Crippen molar-refractivity contribution in [1.29, 1.82) is 0 Å². The van der Waals surface area contributed by atoms with Crippen LogP contribution in [0.15, 0.2) is 24.3 Å². The molecule has 24 heavy (non-hydrogen) atoms. The van der Waals surface area contributed by atoms with E-state index in [-0.39, 0.29) is 18.2 Å². The maximum atomic E-state index is 11.5. The first-order valence-electron chi connectivity index (χ1n) is 8.43. The lowest BCUT2D eigenvalue weighted by Gasteiger charge is -2.32. The molecule has 0 aromatic heterocycles. The summed E-state index contributed by atoms with van der Waals surface area (Å²) in [6.07, 6.45) is 0.529. The third-order valence-electron chi connectivity index (χ3n) is 4.14. The maximum absolute atomic E-state index is 11.5. The van der Waals surface area contributed by atoms with Gasteiger partial charge in [-0.25, -0.2) is 0 Å². The molecule has 1 aromatic rings. The molecule has 1 fully saturated rings. The van der Waals surface area contributed by atoms with Crippen molar-refractivity contribution in [3.63, 3.8) is 0 Å². The van der Waals surface area contributed by atoms with Crippen molar-refractivity contribution >= 4 is 18.2 Å². The summed E-state index contributed by atoms with van der Waals surface area (Å²) in [4.78, 5) is 16.3. The van der Waals surface area contributed by atoms with Crippen LogP contribution < -0.4 is 4.74 Å². The van der Waals surface area contributed by atoms with E-state index >= 15 is 0 Å². The van der Waals surface area contributed by atoms with E-state index in [1.807, 2.05) is 31.2 Å². The van der Waals surface area contributed by atoms with Crippen molar-refractivity contribution in [3.05, 3.63) is 29.8 Å². The van der Waals surface area contributed by atoms with Crippen LogP contribution >= 0.6 is 12.4 Å². The monoisotopic (exact) mass is 356 g/mol. The van der Waals surface area contributed by atoms with Gasteiger partial charge in [0.1, 0.15) is 12.4 Å². The molecule has 0 unspecified atom stereocenters. The lowest BCUT2D eigenvalue weighted by atomic mass is 10.1. The molecule has 0 radical (unpaired) electrons. The summed E-state index contributed by atoms with van der Waals surface area (Å²) < 4.78 is 11.3. The van der Waals surface area contributed by atoms with E-state index in [1.54, 1.807) is 0 Å². The second-order valence-corrected chi connectivity index (χ2v) is 5.91. The first-order valence-corrected chi connectivity index (χ1v) is 8.43. The number of ether oxygens (including phenoxy) is 2. The fourth-order valence-electron chi connectivity index (χ4n) is 2.53. The Bertz CT molecular complexity index is 474. The minimum Gasteiger partial charge on any atom is -0.491 e. The van der Waals surface area contributed by atoms with E-state index in [4.69, 9.17) is 9.47 Å². The highest BCUT2D eigenvalue weighted by Crippen LogP contribution is 2.13. The summed E-state index contributed by atoms with van der Waals surface area (Å²) in [5, 5.41) is 0. The number of rotatable bonds is 9. The fourth-order valence-corrected chi connectivity index (χ4v) is 2.53. The number of halogens is 1. The number of Topliss-reactive ketones (excluding diaryl/α,β-unsaturated/α-hetero) is 1. The minimum absolute atomic E-state index is 0. The number of piperazine rings is 1. The zero-order chi connectivity index (χ0) is 16.5. The van der Waals surface area contributed by atoms with Crippen molar-refractivity contribution in [2.24, 2.45) is 0 Å². The minimum atomic E-state index is 0. The average Bonchev–Trinajstić information content (AvgIpc) is 2.59. The van der Waals surface area contributed by atoms with Gasteiger partial charge in [-0.2, -0.15) is 0 Å². The van der Waals surface area contributed by atoms with Crippen LogP contribution in [0, 0.1) is 0 Å². The van der Waals surface area contributed by atoms with Crippen molar-refractivity contribution in [2.45, 2.75) is 13.3 Å². The molecule has 1 aromatic carbocycles. The topological polar surface area (TPSA) is 42.0 Å². The Morgan fingerprint density at radius 2 is 1.71 bits per heavy atom. The lowest BCUT2D eigenvalue weighted by Crippen LogP contribution is -2.45. The molecule has 136 valence electrons. The quantitative estimate of drug-likeness (QED) is 0.502. The fraction of sp³-hybridized carbons (Fsp3) is 0.611. The summed E-state index contributed by atoms with van der Waals surface area (Å²) in [5.41, 5.74) is 0.739. The number of carbonyl (C=O) groups excluding carboxylic acids is 1. The second kappa shape index (κ2) is 11.4. The van der Waals surface area contributed by atoms with Gasteiger partial charge in [0.2, 0.25) is 0 Å². The molecule has 1 aliphatic rings. The summed E-state index contributed by atoms with van der Waals surface area (Å²) in [6.45, 7) is 9.25. The van der Waals surface area contributed by atoms with Crippen LogP contribution in [0.4, 0.5) is 0 Å². The van der Waals surface area contributed by atoms with Crippen molar-refractivity contribution in [2.75, 3.05) is 59.6 Å². The van der Waals surface area contributed by atoms with Gasteiger partial charge >= 0.3 is 0 Å². The number of carbonyl (C=O) groups is 1. The molecule has 0 N–H and O–H groups in total. The average molecular weight is 357 g/mol. The van der Waals surface area contributed by atoms with Gasteiger partial charge in [0, 0.05) is 44.7 Å². The third-order valence-corrected chi connectivity index (χ3v) is 4.14. The van der Waals surface area contributed by atoms with Crippen LogP contribution in [-0.4, -0.2) is 75.2 Å². The molecular formula is C18H29ClN2O3. The molecule has 0 aliphatic carbocycles. The molecule has 0 bridgehead atoms. The standard InChI is InChI=1S/C18H28N2O3.ClH/c1-3-18(21)16-4-6-17(7-5-16)23-15-14-22-13-12-20-10-8-19(2)9-11-20;/h4-7H,3,8-15H2,1-2H3;1H. The largest absolute Gasteiger partial charge is 0.491 e. The van der Waals surface area contributed by atoms with E-state index < -0.39 is 0 Å². The molecule has 0 spiro atoms. The highest BCUT2D eigenvalue weighted by Gasteiger charge is 2.12. The molecule has 5 nitrogen and oxygen atoms in total.